The molecular formula is C16H17N3O2S. The third-order valence-corrected chi connectivity index (χ3v) is 4.31. The van der Waals surface area contributed by atoms with Crippen molar-refractivity contribution in [3.8, 4) is 0 Å². The Bertz CT molecular complexity index is 807. The van der Waals surface area contributed by atoms with Crippen molar-refractivity contribution in [2.45, 2.75) is 32.7 Å². The number of imidazole rings is 1. The molecule has 3 rings (SSSR count). The molecule has 0 aliphatic heterocycles. The van der Waals surface area contributed by atoms with E-state index >= 15 is 0 Å². The number of aromatic nitrogens is 3. The largest absolute Gasteiger partial charge is 0.481 e. The van der Waals surface area contributed by atoms with Crippen LogP contribution in [-0.2, 0) is 24.2 Å². The number of hydrogen-bond acceptors (Lipinski definition) is 4. The van der Waals surface area contributed by atoms with E-state index in [1.54, 1.807) is 0 Å². The summed E-state index contributed by atoms with van der Waals surface area (Å²) in [4.78, 5) is 19.9. The smallest absolute Gasteiger partial charge is 0.309 e. The standard InChI is InChI=1S/C16H17N3O2S/c1-2-5-14-18-12-6-3-4-7-13(12)19(14)9-15-17-11(10-22-15)8-16(20)21/h3-4,6-7,10H,2,5,8-9H2,1H3,(H,20,21). The Balaban J connectivity index is 1.93. The Morgan fingerprint density at radius 1 is 1.32 bits per heavy atom. The van der Waals surface area contributed by atoms with Crippen LogP contribution in [0.1, 0.15) is 29.9 Å². The normalized spacial score (nSPS) is 11.1. The van der Waals surface area contributed by atoms with Gasteiger partial charge in [-0.1, -0.05) is 19.1 Å². The summed E-state index contributed by atoms with van der Waals surface area (Å²) in [6.45, 7) is 2.78. The highest BCUT2D eigenvalue weighted by Crippen LogP contribution is 2.20. The molecule has 22 heavy (non-hydrogen) atoms. The van der Waals surface area contributed by atoms with Gasteiger partial charge in [-0.05, 0) is 18.6 Å². The lowest BCUT2D eigenvalue weighted by Crippen LogP contribution is -2.06. The fourth-order valence-electron chi connectivity index (χ4n) is 2.51. The Labute approximate surface area is 132 Å². The molecule has 3 aromatic rings. The lowest BCUT2D eigenvalue weighted by molar-refractivity contribution is -0.136. The quantitative estimate of drug-likeness (QED) is 0.759. The molecule has 6 heteroatoms. The van der Waals surface area contributed by atoms with Crippen LogP contribution in [0.5, 0.6) is 0 Å². The fraction of sp³-hybridized carbons (Fsp3) is 0.312. The van der Waals surface area contributed by atoms with Gasteiger partial charge < -0.3 is 9.67 Å². The molecule has 114 valence electrons. The van der Waals surface area contributed by atoms with Crippen molar-refractivity contribution < 1.29 is 9.90 Å². The van der Waals surface area contributed by atoms with Gasteiger partial charge in [0.05, 0.1) is 29.7 Å². The van der Waals surface area contributed by atoms with Crippen LogP contribution < -0.4 is 0 Å². The highest BCUT2D eigenvalue weighted by molar-refractivity contribution is 7.09. The number of nitrogens with zero attached hydrogens (tertiary/aromatic N) is 3. The number of aliphatic carboxylic acids is 1. The Morgan fingerprint density at radius 2 is 2.14 bits per heavy atom. The summed E-state index contributed by atoms with van der Waals surface area (Å²) in [5, 5.41) is 11.6. The average molecular weight is 315 g/mol. The van der Waals surface area contributed by atoms with Crippen molar-refractivity contribution in [2.75, 3.05) is 0 Å². The van der Waals surface area contributed by atoms with Crippen LogP contribution in [-0.4, -0.2) is 25.6 Å². The summed E-state index contributed by atoms with van der Waals surface area (Å²) in [5.74, 6) is 0.204. The van der Waals surface area contributed by atoms with E-state index in [2.05, 4.69) is 22.5 Å². The molecule has 0 unspecified atom stereocenters. The number of carboxylic acids is 1. The number of para-hydroxylation sites is 2. The van der Waals surface area contributed by atoms with E-state index in [0.29, 0.717) is 12.2 Å². The van der Waals surface area contributed by atoms with Gasteiger partial charge in [0.1, 0.15) is 10.8 Å². The van der Waals surface area contributed by atoms with Crippen molar-refractivity contribution in [2.24, 2.45) is 0 Å². The average Bonchev–Trinajstić information content (AvgIpc) is 3.05. The predicted molar refractivity (Wildman–Crippen MR) is 86.3 cm³/mol. The lowest BCUT2D eigenvalue weighted by Gasteiger charge is -2.06. The summed E-state index contributed by atoms with van der Waals surface area (Å²) in [6, 6.07) is 8.08. The van der Waals surface area contributed by atoms with Gasteiger partial charge in [0, 0.05) is 11.8 Å². The minimum absolute atomic E-state index is 0.0248. The highest BCUT2D eigenvalue weighted by Gasteiger charge is 2.12. The molecule has 0 atom stereocenters. The lowest BCUT2D eigenvalue weighted by atomic mass is 10.3. The Hall–Kier alpha value is -2.21. The molecule has 0 saturated carbocycles. The number of carbonyl (C=O) groups is 1. The van der Waals surface area contributed by atoms with Crippen LogP contribution >= 0.6 is 11.3 Å². The van der Waals surface area contributed by atoms with Gasteiger partial charge in [-0.15, -0.1) is 11.3 Å². The molecule has 0 bridgehead atoms. The number of rotatable bonds is 6. The highest BCUT2D eigenvalue weighted by atomic mass is 32.1. The number of carboxylic acid groups (broad SMARTS) is 1. The van der Waals surface area contributed by atoms with Crippen LogP contribution in [0.4, 0.5) is 0 Å². The first-order valence-corrected chi connectivity index (χ1v) is 8.14. The first kappa shape index (κ1) is 14.7. The first-order chi connectivity index (χ1) is 10.7. The van der Waals surface area contributed by atoms with Gasteiger partial charge in [0.15, 0.2) is 0 Å². The minimum atomic E-state index is -0.850. The summed E-state index contributed by atoms with van der Waals surface area (Å²) < 4.78 is 2.18. The molecule has 1 aromatic carbocycles. The molecule has 0 radical (unpaired) electrons. The van der Waals surface area contributed by atoms with Crippen LogP contribution in [0.3, 0.4) is 0 Å². The van der Waals surface area contributed by atoms with Crippen LogP contribution in [0.25, 0.3) is 11.0 Å². The monoisotopic (exact) mass is 315 g/mol. The Kier molecular flexibility index (Phi) is 4.20. The van der Waals surface area contributed by atoms with Gasteiger partial charge in [0.25, 0.3) is 0 Å². The van der Waals surface area contributed by atoms with E-state index < -0.39 is 5.97 Å². The van der Waals surface area contributed by atoms with Crippen molar-refractivity contribution in [3.63, 3.8) is 0 Å². The van der Waals surface area contributed by atoms with Crippen molar-refractivity contribution in [1.82, 2.24) is 14.5 Å². The number of benzene rings is 1. The van der Waals surface area contributed by atoms with Crippen LogP contribution in [0.15, 0.2) is 29.6 Å². The van der Waals surface area contributed by atoms with Crippen LogP contribution in [0.2, 0.25) is 0 Å². The summed E-state index contributed by atoms with van der Waals surface area (Å²) in [5.41, 5.74) is 2.71. The molecular weight excluding hydrogens is 298 g/mol. The zero-order chi connectivity index (χ0) is 15.5. The van der Waals surface area contributed by atoms with Crippen molar-refractivity contribution in [1.29, 1.82) is 0 Å². The molecule has 0 fully saturated rings. The number of hydrogen-bond donors (Lipinski definition) is 1. The molecule has 0 saturated heterocycles. The van der Waals surface area contributed by atoms with Gasteiger partial charge in [0.2, 0.25) is 0 Å². The number of aryl methyl sites for hydroxylation is 1. The molecule has 5 nitrogen and oxygen atoms in total. The predicted octanol–water partition coefficient (Wildman–Crippen LogP) is 3.12. The van der Waals surface area contributed by atoms with E-state index in [1.165, 1.54) is 11.3 Å². The first-order valence-electron chi connectivity index (χ1n) is 7.26. The summed E-state index contributed by atoms with van der Waals surface area (Å²) >= 11 is 1.50. The van der Waals surface area contributed by atoms with E-state index in [0.717, 1.165) is 34.7 Å². The number of thiazole rings is 1. The van der Waals surface area contributed by atoms with E-state index in [-0.39, 0.29) is 6.42 Å². The second kappa shape index (κ2) is 6.27. The molecule has 2 aromatic heterocycles. The third-order valence-electron chi connectivity index (χ3n) is 3.43. The van der Waals surface area contributed by atoms with E-state index in [1.807, 2.05) is 23.6 Å². The van der Waals surface area contributed by atoms with E-state index in [4.69, 9.17) is 10.1 Å². The fourth-order valence-corrected chi connectivity index (χ4v) is 3.29. The molecule has 0 aliphatic carbocycles. The van der Waals surface area contributed by atoms with Gasteiger partial charge in [-0.2, -0.15) is 0 Å². The zero-order valence-corrected chi connectivity index (χ0v) is 13.1. The Morgan fingerprint density at radius 3 is 2.91 bits per heavy atom. The minimum Gasteiger partial charge on any atom is -0.481 e. The third kappa shape index (κ3) is 3.01. The van der Waals surface area contributed by atoms with Crippen molar-refractivity contribution >= 4 is 28.3 Å². The molecule has 2 heterocycles. The molecule has 0 spiro atoms. The van der Waals surface area contributed by atoms with E-state index in [9.17, 15) is 4.79 Å². The molecule has 0 amide bonds. The maximum Gasteiger partial charge on any atom is 0.309 e. The maximum absolute atomic E-state index is 10.8. The number of fused-ring (bicyclic) bond motifs is 1. The second-order valence-electron chi connectivity index (χ2n) is 5.16. The molecule has 0 aliphatic rings. The van der Waals surface area contributed by atoms with Crippen LogP contribution in [0, 0.1) is 0 Å². The zero-order valence-electron chi connectivity index (χ0n) is 12.3. The molecule has 1 N–H and O–H groups in total. The van der Waals surface area contributed by atoms with Gasteiger partial charge >= 0.3 is 5.97 Å². The SMILES string of the molecule is CCCc1nc2ccccc2n1Cc1nc(CC(=O)O)cs1. The topological polar surface area (TPSA) is 68.0 Å². The van der Waals surface area contributed by atoms with Gasteiger partial charge in [-0.3, -0.25) is 4.79 Å². The van der Waals surface area contributed by atoms with Crippen molar-refractivity contribution in [3.05, 3.63) is 46.2 Å². The maximum atomic E-state index is 10.8. The second-order valence-corrected chi connectivity index (χ2v) is 6.10. The summed E-state index contributed by atoms with van der Waals surface area (Å²) in [6.07, 6.45) is 1.93. The van der Waals surface area contributed by atoms with Gasteiger partial charge in [-0.25, -0.2) is 9.97 Å². The summed E-state index contributed by atoms with van der Waals surface area (Å²) in [7, 11) is 0.